The molecule has 3 heterocycles. The lowest BCUT2D eigenvalue weighted by Gasteiger charge is -2.35. The van der Waals surface area contributed by atoms with Crippen molar-refractivity contribution in [2.45, 2.75) is 17.1 Å². The smallest absolute Gasteiger partial charge is 0.256 e. The highest BCUT2D eigenvalue weighted by Gasteiger charge is 2.43. The van der Waals surface area contributed by atoms with Gasteiger partial charge in [0.25, 0.3) is 5.91 Å². The number of amides is 1. The number of thioether (sulfide) groups is 1. The Bertz CT molecular complexity index is 2110. The first-order valence-corrected chi connectivity index (χ1v) is 17.1. The van der Waals surface area contributed by atoms with Crippen LogP contribution >= 0.6 is 11.8 Å². The van der Waals surface area contributed by atoms with Gasteiger partial charge in [0.2, 0.25) is 6.23 Å². The van der Waals surface area contributed by atoms with Crippen molar-refractivity contribution >= 4 is 34.7 Å². The van der Waals surface area contributed by atoms with Gasteiger partial charge in [0.05, 0.1) is 24.7 Å². The minimum Gasteiger partial charge on any atom is -0.506 e. The molecule has 1 unspecified atom stereocenters. The molecule has 1 aliphatic rings. The summed E-state index contributed by atoms with van der Waals surface area (Å²) >= 11 is 1.60. The number of anilines is 1. The highest BCUT2D eigenvalue weighted by Crippen LogP contribution is 2.51. The summed E-state index contributed by atoms with van der Waals surface area (Å²) in [5, 5.41) is 14.4. The Hall–Kier alpha value is -5.85. The maximum Gasteiger partial charge on any atom is 0.256 e. The third-order valence-electron chi connectivity index (χ3n) is 8.83. The van der Waals surface area contributed by atoms with Gasteiger partial charge in [-0.05, 0) is 53.1 Å². The van der Waals surface area contributed by atoms with Gasteiger partial charge in [0.1, 0.15) is 29.9 Å². The number of hydrogen-bond donors (Lipinski definition) is 2. The molecule has 2 aromatic heterocycles. The molecule has 11 nitrogen and oxygen atoms in total. The van der Waals surface area contributed by atoms with Gasteiger partial charge in [-0.15, -0.1) is 11.8 Å². The van der Waals surface area contributed by atoms with Crippen molar-refractivity contribution in [1.82, 2.24) is 19.5 Å². The molecule has 12 heteroatoms. The molecular formula is C39H35N5O6S. The van der Waals surface area contributed by atoms with Crippen LogP contribution in [0, 0.1) is 0 Å². The third kappa shape index (κ3) is 6.35. The molecule has 51 heavy (non-hydrogen) atoms. The van der Waals surface area contributed by atoms with Crippen molar-refractivity contribution < 1.29 is 28.8 Å². The summed E-state index contributed by atoms with van der Waals surface area (Å²) in [5.41, 5.74) is 4.29. The summed E-state index contributed by atoms with van der Waals surface area (Å²) in [6, 6.07) is 35.0. The van der Waals surface area contributed by atoms with Crippen LogP contribution in [0.2, 0.25) is 0 Å². The van der Waals surface area contributed by atoms with Crippen molar-refractivity contribution in [3.05, 3.63) is 156 Å². The van der Waals surface area contributed by atoms with E-state index in [4.69, 9.17) is 18.9 Å². The number of aliphatic hydroxyl groups is 1. The highest BCUT2D eigenvalue weighted by atomic mass is 32.2. The van der Waals surface area contributed by atoms with E-state index in [1.807, 2.05) is 48.5 Å². The van der Waals surface area contributed by atoms with Crippen LogP contribution in [0.15, 0.2) is 133 Å². The van der Waals surface area contributed by atoms with Gasteiger partial charge >= 0.3 is 0 Å². The highest BCUT2D eigenvalue weighted by molar-refractivity contribution is 8.00. The number of aromatic nitrogens is 4. The molecule has 6 aromatic rings. The van der Waals surface area contributed by atoms with Crippen molar-refractivity contribution in [1.29, 1.82) is 0 Å². The zero-order valence-corrected chi connectivity index (χ0v) is 28.9. The lowest BCUT2D eigenvalue weighted by molar-refractivity contribution is -0.0282. The molecule has 1 aliphatic heterocycles. The van der Waals surface area contributed by atoms with Gasteiger partial charge in [0, 0.05) is 12.7 Å². The van der Waals surface area contributed by atoms with Crippen LogP contribution in [0.25, 0.3) is 11.2 Å². The van der Waals surface area contributed by atoms with Gasteiger partial charge in [-0.2, -0.15) is 0 Å². The van der Waals surface area contributed by atoms with Gasteiger partial charge in [-0.1, -0.05) is 72.8 Å². The van der Waals surface area contributed by atoms with E-state index >= 15 is 0 Å². The first-order chi connectivity index (χ1) is 25.0. The van der Waals surface area contributed by atoms with Crippen LogP contribution in [0.3, 0.4) is 0 Å². The number of ether oxygens (including phenoxy) is 4. The van der Waals surface area contributed by atoms with Crippen molar-refractivity contribution in [2.75, 3.05) is 32.4 Å². The molecule has 2 atom stereocenters. The number of carbonyl (C=O) groups excluding carboxylic acids is 1. The first-order valence-electron chi connectivity index (χ1n) is 16.1. The van der Waals surface area contributed by atoms with Gasteiger partial charge in [0.15, 0.2) is 28.8 Å². The minimum atomic E-state index is -0.858. The molecule has 0 radical (unpaired) electrons. The summed E-state index contributed by atoms with van der Waals surface area (Å²) in [7, 11) is 4.80. The second kappa shape index (κ2) is 14.6. The van der Waals surface area contributed by atoms with Crippen LogP contribution in [0.4, 0.5) is 5.82 Å². The zero-order valence-electron chi connectivity index (χ0n) is 28.1. The van der Waals surface area contributed by atoms with Gasteiger partial charge < -0.3 is 29.4 Å². The van der Waals surface area contributed by atoms with Crippen LogP contribution in [-0.2, 0) is 14.2 Å². The fourth-order valence-corrected chi connectivity index (χ4v) is 7.72. The normalized spacial score (nSPS) is 15.8. The number of nitrogens with one attached hydrogen (secondary N) is 1. The molecule has 0 saturated heterocycles. The Kier molecular flexibility index (Phi) is 9.60. The van der Waals surface area contributed by atoms with E-state index < -0.39 is 17.1 Å². The number of hydrogen-bond acceptors (Lipinski definition) is 10. The standard InChI is InChI=1S/C39H35N5O6S/c1-47-29-18-14-27(15-19-29)39(26-12-8-5-9-13-26,28-16-20-30(48-2)21-17-28)51-22-31-33(45)34(49-3)38(50-31)44-24-42-32-35(40-23-41-36(32)44)43-37(46)25-10-6-4-7-11-25/h4-21,23-24,34,38,45H,22H2,1-3H3,(H,40,41,43,46)/t34-,38?/m0/s1. The number of rotatable bonds is 12. The fraction of sp³-hybridized carbons (Fsp3) is 0.179. The molecule has 2 N–H and O–H groups in total. The molecule has 0 saturated carbocycles. The maximum absolute atomic E-state index is 12.9. The van der Waals surface area contributed by atoms with Crippen LogP contribution in [-0.4, -0.2) is 63.7 Å². The van der Waals surface area contributed by atoms with Crippen molar-refractivity contribution in [2.24, 2.45) is 0 Å². The Morgan fingerprint density at radius 1 is 0.824 bits per heavy atom. The lowest BCUT2D eigenvalue weighted by Crippen LogP contribution is -2.26. The monoisotopic (exact) mass is 701 g/mol. The summed E-state index contributed by atoms with van der Waals surface area (Å²) in [4.78, 5) is 26.2. The molecule has 0 spiro atoms. The third-order valence-corrected chi connectivity index (χ3v) is 10.4. The number of fused-ring (bicyclic) bond motifs is 1. The quantitative estimate of drug-likeness (QED) is 0.127. The zero-order chi connectivity index (χ0) is 35.4. The molecule has 0 fully saturated rings. The van der Waals surface area contributed by atoms with Crippen LogP contribution in [0.5, 0.6) is 11.5 Å². The van der Waals surface area contributed by atoms with Gasteiger partial charge in [-0.3, -0.25) is 9.36 Å². The van der Waals surface area contributed by atoms with E-state index in [2.05, 4.69) is 56.7 Å². The fourth-order valence-electron chi connectivity index (χ4n) is 6.25. The Morgan fingerprint density at radius 3 is 2.00 bits per heavy atom. The molecular weight excluding hydrogens is 667 g/mol. The Balaban J connectivity index is 1.23. The summed E-state index contributed by atoms with van der Waals surface area (Å²) in [5.74, 6) is 2.00. The number of aliphatic hydroxyl groups excluding tert-OH is 1. The molecule has 258 valence electrons. The van der Waals surface area contributed by atoms with Crippen LogP contribution < -0.4 is 14.8 Å². The average Bonchev–Trinajstić information content (AvgIpc) is 3.77. The summed E-state index contributed by atoms with van der Waals surface area (Å²) < 4.78 is 24.2. The van der Waals surface area contributed by atoms with E-state index in [9.17, 15) is 9.90 Å². The van der Waals surface area contributed by atoms with E-state index in [0.29, 0.717) is 22.5 Å². The first kappa shape index (κ1) is 33.6. The van der Waals surface area contributed by atoms with Crippen molar-refractivity contribution in [3.63, 3.8) is 0 Å². The molecule has 7 rings (SSSR count). The van der Waals surface area contributed by atoms with Gasteiger partial charge in [-0.25, -0.2) is 15.0 Å². The van der Waals surface area contributed by atoms with Crippen molar-refractivity contribution in [3.8, 4) is 11.5 Å². The van der Waals surface area contributed by atoms with E-state index in [1.54, 1.807) is 61.1 Å². The SMILES string of the molecule is COc1ccc(C(SCC2=C(O)[C@H](OC)C(n3cnc4c(NC(=O)c5ccccc5)ncnc43)O2)(c2ccccc2)c2ccc(OC)cc2)cc1. The average molecular weight is 702 g/mol. The number of carbonyl (C=O) groups is 1. The Morgan fingerprint density at radius 2 is 1.41 bits per heavy atom. The summed E-state index contributed by atoms with van der Waals surface area (Å²) in [6.07, 6.45) is 1.19. The van der Waals surface area contributed by atoms with E-state index in [1.165, 1.54) is 13.4 Å². The molecule has 0 aliphatic carbocycles. The summed E-state index contributed by atoms with van der Waals surface area (Å²) in [6.45, 7) is 0. The molecule has 1 amide bonds. The predicted octanol–water partition coefficient (Wildman–Crippen LogP) is 7.13. The lowest BCUT2D eigenvalue weighted by atomic mass is 9.84. The number of imidazole rings is 1. The molecule has 4 aromatic carbocycles. The van der Waals surface area contributed by atoms with E-state index in [-0.39, 0.29) is 23.2 Å². The van der Waals surface area contributed by atoms with Crippen LogP contribution in [0.1, 0.15) is 33.3 Å². The largest absolute Gasteiger partial charge is 0.506 e. The minimum absolute atomic E-state index is 0.0325. The number of methoxy groups -OCH3 is 3. The number of nitrogens with zero attached hydrogens (tertiary/aromatic N) is 4. The topological polar surface area (TPSA) is 130 Å². The molecule has 0 bridgehead atoms. The second-order valence-electron chi connectivity index (χ2n) is 11.6. The van der Waals surface area contributed by atoms with E-state index in [0.717, 1.165) is 28.2 Å². The number of benzene rings is 4. The predicted molar refractivity (Wildman–Crippen MR) is 195 cm³/mol. The second-order valence-corrected chi connectivity index (χ2v) is 12.8. The maximum atomic E-state index is 12.9. The Labute approximate surface area is 298 Å².